The number of amides is 1. The van der Waals surface area contributed by atoms with E-state index in [4.69, 9.17) is 9.84 Å². The molecule has 1 amide bonds. The molecule has 0 saturated carbocycles. The van der Waals surface area contributed by atoms with Crippen molar-refractivity contribution in [3.05, 3.63) is 51.7 Å². The second kappa shape index (κ2) is 7.97. The molecule has 1 aromatic heterocycles. The molecule has 1 heterocycles. The molecule has 6 heteroatoms. The Kier molecular flexibility index (Phi) is 5.98. The number of rotatable bonds is 7. The van der Waals surface area contributed by atoms with Gasteiger partial charge in [0.1, 0.15) is 5.75 Å². The van der Waals surface area contributed by atoms with Crippen LogP contribution in [0.5, 0.6) is 5.75 Å². The molecule has 0 spiro atoms. The fourth-order valence-corrected chi connectivity index (χ4v) is 3.15. The molecule has 0 bridgehead atoms. The molecule has 0 aliphatic carbocycles. The number of aryl methyl sites for hydroxylation is 1. The van der Waals surface area contributed by atoms with E-state index in [1.54, 1.807) is 40.5 Å². The first-order valence-electron chi connectivity index (χ1n) is 7.67. The summed E-state index contributed by atoms with van der Waals surface area (Å²) in [5, 5.41) is 8.68. The van der Waals surface area contributed by atoms with Crippen molar-refractivity contribution >= 4 is 23.2 Å². The highest BCUT2D eigenvalue weighted by atomic mass is 32.1. The maximum absolute atomic E-state index is 12.8. The van der Waals surface area contributed by atoms with Crippen molar-refractivity contribution in [1.29, 1.82) is 0 Å². The molecule has 128 valence electrons. The van der Waals surface area contributed by atoms with Crippen LogP contribution in [0.1, 0.15) is 34.0 Å². The Morgan fingerprint density at radius 2 is 2.00 bits per heavy atom. The first-order chi connectivity index (χ1) is 11.4. The van der Waals surface area contributed by atoms with E-state index in [1.165, 1.54) is 4.88 Å². The summed E-state index contributed by atoms with van der Waals surface area (Å²) in [5.41, 5.74) is 0.486. The van der Waals surface area contributed by atoms with Gasteiger partial charge in [0.2, 0.25) is 0 Å². The van der Waals surface area contributed by atoms with Crippen molar-refractivity contribution in [3.63, 3.8) is 0 Å². The number of hydrogen-bond acceptors (Lipinski definition) is 4. The van der Waals surface area contributed by atoms with E-state index in [1.807, 2.05) is 32.9 Å². The quantitative estimate of drug-likeness (QED) is 0.831. The number of carbonyl (C=O) groups excluding carboxylic acids is 1. The number of thiophene rings is 1. The highest BCUT2D eigenvalue weighted by Crippen LogP contribution is 2.21. The number of nitrogens with zero attached hydrogens (tertiary/aromatic N) is 1. The normalized spacial score (nSPS) is 10.7. The second-order valence-corrected chi connectivity index (χ2v) is 7.12. The number of carbonyl (C=O) groups is 2. The van der Waals surface area contributed by atoms with Gasteiger partial charge in [-0.15, -0.1) is 11.3 Å². The minimum absolute atomic E-state index is 0.0449. The van der Waals surface area contributed by atoms with E-state index in [0.717, 1.165) is 4.88 Å². The lowest BCUT2D eigenvalue weighted by Crippen LogP contribution is -2.36. The Morgan fingerprint density at radius 1 is 1.25 bits per heavy atom. The summed E-state index contributed by atoms with van der Waals surface area (Å²) < 4.78 is 5.15. The van der Waals surface area contributed by atoms with Crippen molar-refractivity contribution < 1.29 is 19.4 Å². The molecular formula is C18H21NO4S. The van der Waals surface area contributed by atoms with Crippen LogP contribution in [0, 0.1) is 6.92 Å². The number of hydrogen-bond donors (Lipinski definition) is 1. The first kappa shape index (κ1) is 18.0. The maximum atomic E-state index is 12.8. The van der Waals surface area contributed by atoms with E-state index >= 15 is 0 Å². The fraction of sp³-hybridized carbons (Fsp3) is 0.333. The van der Waals surface area contributed by atoms with Crippen LogP contribution in [0.2, 0.25) is 0 Å². The van der Waals surface area contributed by atoms with Crippen LogP contribution in [0.25, 0.3) is 0 Å². The molecule has 24 heavy (non-hydrogen) atoms. The van der Waals surface area contributed by atoms with Crippen LogP contribution in [0.15, 0.2) is 36.4 Å². The number of carboxylic acid groups (broad SMARTS) is 1. The zero-order chi connectivity index (χ0) is 17.7. The van der Waals surface area contributed by atoms with Gasteiger partial charge in [-0.2, -0.15) is 0 Å². The van der Waals surface area contributed by atoms with Crippen LogP contribution in [0.3, 0.4) is 0 Å². The molecule has 2 aromatic rings. The summed E-state index contributed by atoms with van der Waals surface area (Å²) in [6.07, 6.45) is 0. The maximum Gasteiger partial charge on any atom is 0.341 e. The third-order valence-corrected chi connectivity index (χ3v) is 4.44. The van der Waals surface area contributed by atoms with E-state index in [9.17, 15) is 9.59 Å². The number of ether oxygens (including phenoxy) is 1. The van der Waals surface area contributed by atoms with Gasteiger partial charge in [0.25, 0.3) is 5.91 Å². The van der Waals surface area contributed by atoms with Crippen molar-refractivity contribution in [2.45, 2.75) is 33.4 Å². The van der Waals surface area contributed by atoms with Gasteiger partial charge in [-0.25, -0.2) is 4.79 Å². The molecule has 0 aliphatic heterocycles. The molecule has 0 unspecified atom stereocenters. The van der Waals surface area contributed by atoms with E-state index in [0.29, 0.717) is 17.9 Å². The lowest BCUT2D eigenvalue weighted by Gasteiger charge is -2.26. The molecule has 0 fully saturated rings. The SMILES string of the molecule is Cc1ccc(CN(C(=O)c2cccc(OCC(=O)O)c2)C(C)C)s1. The molecule has 0 aliphatic rings. The second-order valence-electron chi connectivity index (χ2n) is 5.75. The molecule has 0 saturated heterocycles. The molecule has 0 radical (unpaired) electrons. The van der Waals surface area contributed by atoms with E-state index in [2.05, 4.69) is 0 Å². The number of benzene rings is 1. The summed E-state index contributed by atoms with van der Waals surface area (Å²) in [6, 6.07) is 10.8. The Morgan fingerprint density at radius 3 is 2.58 bits per heavy atom. The van der Waals surface area contributed by atoms with Gasteiger partial charge in [-0.3, -0.25) is 4.79 Å². The van der Waals surface area contributed by atoms with E-state index in [-0.39, 0.29) is 11.9 Å². The van der Waals surface area contributed by atoms with Crippen LogP contribution in [0.4, 0.5) is 0 Å². The van der Waals surface area contributed by atoms with Crippen molar-refractivity contribution in [2.24, 2.45) is 0 Å². The predicted octanol–water partition coefficient (Wildman–Crippen LogP) is 3.57. The van der Waals surface area contributed by atoms with Gasteiger partial charge in [0.15, 0.2) is 6.61 Å². The molecule has 5 nitrogen and oxygen atoms in total. The third-order valence-electron chi connectivity index (χ3n) is 3.45. The Bertz CT molecular complexity index is 723. The molecule has 0 atom stereocenters. The van der Waals surface area contributed by atoms with Gasteiger partial charge in [-0.05, 0) is 51.1 Å². The van der Waals surface area contributed by atoms with Gasteiger partial charge in [0, 0.05) is 21.4 Å². The van der Waals surface area contributed by atoms with Crippen LogP contribution < -0.4 is 4.74 Å². The topological polar surface area (TPSA) is 66.8 Å². The Labute approximate surface area is 145 Å². The van der Waals surface area contributed by atoms with Gasteiger partial charge >= 0.3 is 5.97 Å². The Hall–Kier alpha value is -2.34. The van der Waals surface area contributed by atoms with E-state index < -0.39 is 12.6 Å². The first-order valence-corrected chi connectivity index (χ1v) is 8.49. The minimum Gasteiger partial charge on any atom is -0.482 e. The summed E-state index contributed by atoms with van der Waals surface area (Å²) in [4.78, 5) is 27.6. The van der Waals surface area contributed by atoms with Gasteiger partial charge in [-0.1, -0.05) is 6.07 Å². The monoisotopic (exact) mass is 347 g/mol. The lowest BCUT2D eigenvalue weighted by molar-refractivity contribution is -0.139. The summed E-state index contributed by atoms with van der Waals surface area (Å²) in [7, 11) is 0. The predicted molar refractivity (Wildman–Crippen MR) is 93.6 cm³/mol. The zero-order valence-corrected chi connectivity index (χ0v) is 14.8. The molecule has 1 N–H and O–H groups in total. The Balaban J connectivity index is 2.17. The summed E-state index contributed by atoms with van der Waals surface area (Å²) in [5.74, 6) is -0.778. The standard InChI is InChI=1S/C18H21NO4S/c1-12(2)19(10-16-8-7-13(3)24-16)18(22)14-5-4-6-15(9-14)23-11-17(20)21/h4-9,12H,10-11H2,1-3H3,(H,20,21). The summed E-state index contributed by atoms with van der Waals surface area (Å²) in [6.45, 7) is 6.11. The smallest absolute Gasteiger partial charge is 0.341 e. The largest absolute Gasteiger partial charge is 0.482 e. The fourth-order valence-electron chi connectivity index (χ4n) is 2.26. The summed E-state index contributed by atoms with van der Waals surface area (Å²) >= 11 is 1.68. The van der Waals surface area contributed by atoms with Crippen LogP contribution >= 0.6 is 11.3 Å². The number of aliphatic carboxylic acids is 1. The molecule has 2 rings (SSSR count). The van der Waals surface area contributed by atoms with Crippen LogP contribution in [-0.2, 0) is 11.3 Å². The third kappa shape index (κ3) is 4.83. The van der Waals surface area contributed by atoms with Gasteiger partial charge < -0.3 is 14.7 Å². The van der Waals surface area contributed by atoms with Crippen LogP contribution in [-0.4, -0.2) is 34.5 Å². The van der Waals surface area contributed by atoms with Crippen molar-refractivity contribution in [2.75, 3.05) is 6.61 Å². The van der Waals surface area contributed by atoms with Crippen molar-refractivity contribution in [1.82, 2.24) is 4.90 Å². The average molecular weight is 347 g/mol. The minimum atomic E-state index is -1.05. The average Bonchev–Trinajstić information content (AvgIpc) is 2.95. The van der Waals surface area contributed by atoms with Gasteiger partial charge in [0.05, 0.1) is 6.54 Å². The number of carboxylic acids is 1. The molecule has 1 aromatic carbocycles. The highest BCUT2D eigenvalue weighted by molar-refractivity contribution is 7.11. The zero-order valence-electron chi connectivity index (χ0n) is 14.0. The van der Waals surface area contributed by atoms with Crippen molar-refractivity contribution in [3.8, 4) is 5.75 Å². The lowest BCUT2D eigenvalue weighted by atomic mass is 10.1. The highest BCUT2D eigenvalue weighted by Gasteiger charge is 2.20. The molecular weight excluding hydrogens is 326 g/mol.